The first kappa shape index (κ1) is 37.6. The summed E-state index contributed by atoms with van der Waals surface area (Å²) in [5.41, 5.74) is 0.590. The number of carbonyl (C=O) groups excluding carboxylic acids is 1. The number of carbonyl (C=O) groups is 1. The van der Waals surface area contributed by atoms with Gasteiger partial charge in [-0.3, -0.25) is 18.5 Å². The Kier molecular flexibility index (Phi) is 8.61. The molecule has 2 aromatic carbocycles. The lowest BCUT2D eigenvalue weighted by Crippen LogP contribution is -2.35. The summed E-state index contributed by atoms with van der Waals surface area (Å²) >= 11 is 6.68. The van der Waals surface area contributed by atoms with Crippen LogP contribution in [0.4, 0.5) is 32.2 Å². The number of nitrogens with one attached hydrogen (secondary N) is 1. The average Bonchev–Trinajstić information content (AvgIpc) is 3.41. The summed E-state index contributed by atoms with van der Waals surface area (Å²) < 4.78 is 119. The minimum Gasteiger partial charge on any atom is -0.349 e. The van der Waals surface area contributed by atoms with Crippen LogP contribution in [0.5, 0.6) is 0 Å². The zero-order valence-corrected chi connectivity index (χ0v) is 31.7. The number of allylic oxidation sites excluding steroid dienone is 2. The lowest BCUT2D eigenvalue weighted by Gasteiger charge is -2.23. The summed E-state index contributed by atoms with van der Waals surface area (Å²) in [4.78, 5) is 18.9. The van der Waals surface area contributed by atoms with Crippen molar-refractivity contribution in [1.29, 1.82) is 0 Å². The van der Waals surface area contributed by atoms with E-state index in [2.05, 4.69) is 15.5 Å². The van der Waals surface area contributed by atoms with Crippen LogP contribution >= 0.6 is 11.6 Å². The predicted molar refractivity (Wildman–Crippen MR) is 196 cm³/mol. The Balaban J connectivity index is 1.29. The fourth-order valence-corrected chi connectivity index (χ4v) is 8.50. The van der Waals surface area contributed by atoms with E-state index in [0.29, 0.717) is 38.4 Å². The van der Waals surface area contributed by atoms with Crippen molar-refractivity contribution in [1.82, 2.24) is 34.4 Å². The molecule has 0 saturated heterocycles. The molecule has 1 N–H and O–H groups in total. The van der Waals surface area contributed by atoms with Gasteiger partial charge in [-0.1, -0.05) is 23.2 Å². The van der Waals surface area contributed by atoms with Gasteiger partial charge in [0.2, 0.25) is 15.9 Å². The molecule has 0 fully saturated rings. The fourth-order valence-electron chi connectivity index (χ4n) is 7.82. The predicted octanol–water partition coefficient (Wildman–Crippen LogP) is 7.21. The van der Waals surface area contributed by atoms with Gasteiger partial charge in [0.1, 0.15) is 29.6 Å². The average molecular weight is 817 g/mol. The molecule has 2 atom stereocenters. The van der Waals surface area contributed by atoms with Gasteiger partial charge in [0.15, 0.2) is 5.82 Å². The maximum Gasteiger partial charge on any atom is 0.312 e. The van der Waals surface area contributed by atoms with Crippen LogP contribution < -0.4 is 9.62 Å². The molecule has 4 heterocycles. The van der Waals surface area contributed by atoms with Crippen LogP contribution in [-0.4, -0.2) is 56.7 Å². The van der Waals surface area contributed by atoms with Crippen LogP contribution in [0.1, 0.15) is 53.5 Å². The van der Waals surface area contributed by atoms with E-state index in [1.54, 1.807) is 43.1 Å². The number of hydrogen-bond acceptors (Lipinski definition) is 6. The number of halogens is 7. The highest BCUT2D eigenvalue weighted by Crippen LogP contribution is 2.67. The molecule has 2 aliphatic carbocycles. The van der Waals surface area contributed by atoms with Crippen LogP contribution in [0, 0.1) is 11.6 Å². The van der Waals surface area contributed by atoms with Crippen molar-refractivity contribution in [3.8, 4) is 11.1 Å². The van der Waals surface area contributed by atoms with Crippen molar-refractivity contribution in [2.75, 3.05) is 17.6 Å². The third kappa shape index (κ3) is 5.91. The van der Waals surface area contributed by atoms with E-state index in [1.165, 1.54) is 24.7 Å². The number of pyridine rings is 1. The van der Waals surface area contributed by atoms with E-state index in [-0.39, 0.29) is 50.6 Å². The Bertz CT molecular complexity index is 2790. The second kappa shape index (κ2) is 12.8. The standard InChI is InChI=1S/C37H31ClF6N8O3S/c1-16-27-29-32(35(41)42)47-52(34(29)37(43,44)30(16)27)15-26(53)45-24(12-17-10-18(39)13-19(40)11-17)31-21(14-25-23(46-31)8-9-49(25)2)20-6-7-22(38)28-33(20)50(3)48-36(28)51(4)56(5,54)55/h6-11,13-14,24,27,35H,12,15H2,1-5H3,(H,45,53)/t24-,27+/m0/s1. The fraction of sp³-hybridized carbons (Fsp3) is 0.297. The van der Waals surface area contributed by atoms with E-state index in [4.69, 9.17) is 16.6 Å². The van der Waals surface area contributed by atoms with E-state index < -0.39 is 69.8 Å². The number of sulfonamides is 1. The first-order valence-electron chi connectivity index (χ1n) is 17.1. The summed E-state index contributed by atoms with van der Waals surface area (Å²) in [5.74, 6) is -7.29. The third-order valence-corrected chi connectivity index (χ3v) is 11.9. The van der Waals surface area contributed by atoms with Gasteiger partial charge in [-0.05, 0) is 49.2 Å². The Labute approximate surface area is 320 Å². The number of amides is 1. The molecule has 19 heteroatoms. The molecule has 0 spiro atoms. The molecule has 0 saturated carbocycles. The number of nitrogens with zero attached hydrogens (tertiary/aromatic N) is 7. The van der Waals surface area contributed by atoms with Gasteiger partial charge in [0.05, 0.1) is 45.0 Å². The monoisotopic (exact) mass is 816 g/mol. The summed E-state index contributed by atoms with van der Waals surface area (Å²) in [6, 6.07) is 8.23. The summed E-state index contributed by atoms with van der Waals surface area (Å²) in [5, 5.41) is 11.5. The molecule has 0 unspecified atom stereocenters. The maximum atomic E-state index is 15.6. The number of alkyl halides is 4. The molecule has 1 amide bonds. The first-order valence-corrected chi connectivity index (χ1v) is 19.3. The lowest BCUT2D eigenvalue weighted by molar-refractivity contribution is -0.122. The zero-order valence-electron chi connectivity index (χ0n) is 30.2. The van der Waals surface area contributed by atoms with Crippen molar-refractivity contribution >= 4 is 55.3 Å². The SMILES string of the molecule is CC1=C2[C@H]1c1c(C(F)F)nn(CC(=O)N[C@@H](Cc3cc(F)cc(F)c3)c3nc4ccn(C)c4cc3-c3ccc(Cl)c4c(N(C)S(C)(=O)=O)nn(C)c34)c1C2(F)F. The quantitative estimate of drug-likeness (QED) is 0.115. The largest absolute Gasteiger partial charge is 0.349 e. The minimum absolute atomic E-state index is 0.0294. The molecule has 6 aromatic rings. The Morgan fingerprint density at radius 2 is 1.73 bits per heavy atom. The van der Waals surface area contributed by atoms with Gasteiger partial charge in [0.25, 0.3) is 6.43 Å². The molecule has 4 aromatic heterocycles. The van der Waals surface area contributed by atoms with Crippen LogP contribution in [0.25, 0.3) is 33.1 Å². The summed E-state index contributed by atoms with van der Waals surface area (Å²) in [6.45, 7) is 0.545. The van der Waals surface area contributed by atoms with Gasteiger partial charge in [-0.25, -0.2) is 31.0 Å². The van der Waals surface area contributed by atoms with Gasteiger partial charge in [0, 0.05) is 61.6 Å². The molecular formula is C37H31ClF6N8O3S. The number of hydrogen-bond donors (Lipinski definition) is 1. The zero-order chi connectivity index (χ0) is 40.3. The first-order chi connectivity index (χ1) is 26.3. The van der Waals surface area contributed by atoms with Crippen LogP contribution in [0.15, 0.2) is 59.8 Å². The lowest BCUT2D eigenvalue weighted by atomic mass is 9.93. The number of fused-ring (bicyclic) bond motifs is 5. The van der Waals surface area contributed by atoms with Crippen molar-refractivity contribution < 1.29 is 39.6 Å². The second-order valence-electron chi connectivity index (χ2n) is 14.1. The molecule has 0 aliphatic heterocycles. The van der Waals surface area contributed by atoms with E-state index in [1.807, 2.05) is 0 Å². The van der Waals surface area contributed by atoms with E-state index in [9.17, 15) is 30.8 Å². The highest BCUT2D eigenvalue weighted by atomic mass is 35.5. The van der Waals surface area contributed by atoms with Crippen molar-refractivity contribution in [3.05, 3.63) is 105 Å². The molecule has 2 aliphatic rings. The number of aromatic nitrogens is 6. The van der Waals surface area contributed by atoms with Crippen molar-refractivity contribution in [3.63, 3.8) is 0 Å². The second-order valence-corrected chi connectivity index (χ2v) is 16.5. The highest BCUT2D eigenvalue weighted by molar-refractivity contribution is 7.92. The van der Waals surface area contributed by atoms with E-state index in [0.717, 1.165) is 22.7 Å². The number of anilines is 1. The Morgan fingerprint density at radius 1 is 1.04 bits per heavy atom. The number of benzene rings is 2. The molecule has 292 valence electrons. The minimum atomic E-state index is -3.80. The third-order valence-electron chi connectivity index (χ3n) is 10.4. The van der Waals surface area contributed by atoms with E-state index >= 15 is 8.78 Å². The summed E-state index contributed by atoms with van der Waals surface area (Å²) in [6.07, 6.45) is -0.708. The van der Waals surface area contributed by atoms with Gasteiger partial charge >= 0.3 is 5.92 Å². The summed E-state index contributed by atoms with van der Waals surface area (Å²) in [7, 11) is 0.879. The van der Waals surface area contributed by atoms with Gasteiger partial charge in [-0.15, -0.1) is 0 Å². The smallest absolute Gasteiger partial charge is 0.312 e. The van der Waals surface area contributed by atoms with Crippen molar-refractivity contribution in [2.45, 2.75) is 44.2 Å². The Morgan fingerprint density at radius 3 is 2.39 bits per heavy atom. The molecule has 8 rings (SSSR count). The molecule has 11 nitrogen and oxygen atoms in total. The maximum absolute atomic E-state index is 15.6. The molecule has 0 bridgehead atoms. The van der Waals surface area contributed by atoms with Crippen LogP contribution in [0.3, 0.4) is 0 Å². The van der Waals surface area contributed by atoms with Crippen LogP contribution in [0.2, 0.25) is 5.02 Å². The van der Waals surface area contributed by atoms with Crippen molar-refractivity contribution in [2.24, 2.45) is 14.1 Å². The number of rotatable bonds is 10. The van der Waals surface area contributed by atoms with Gasteiger partial charge < -0.3 is 9.88 Å². The topological polar surface area (TPSA) is 120 Å². The Hall–Kier alpha value is -5.36. The normalized spacial score (nSPS) is 16.6. The number of aryl methyl sites for hydroxylation is 2. The highest BCUT2D eigenvalue weighted by Gasteiger charge is 2.63. The van der Waals surface area contributed by atoms with Gasteiger partial charge in [-0.2, -0.15) is 19.0 Å². The molecule has 0 radical (unpaired) electrons. The molecule has 56 heavy (non-hydrogen) atoms. The van der Waals surface area contributed by atoms with Crippen LogP contribution in [-0.2, 0) is 47.8 Å². The molecular weight excluding hydrogens is 786 g/mol.